The predicted octanol–water partition coefficient (Wildman–Crippen LogP) is 4.27. The molecule has 35 heavy (non-hydrogen) atoms. The van der Waals surface area contributed by atoms with E-state index in [0.29, 0.717) is 23.6 Å². The molecule has 3 aliphatic heterocycles. The van der Waals surface area contributed by atoms with Gasteiger partial charge in [-0.3, -0.25) is 9.59 Å². The maximum atomic E-state index is 13.8. The van der Waals surface area contributed by atoms with Crippen molar-refractivity contribution in [2.24, 2.45) is 5.92 Å². The standard InChI is InChI=1S/C29H30N2O4/c1-4-18-15-31(16-24(33)19-9-10-25(34-2)26(13-19)35-3)12-11-29-22-7-5-6-8-23(22)30-28(29)21(17-32)20(18)14-27(29)31/h4-10,13,17,20,27H,11-12,14-16H2,1-3H3/p+1/b18-4-/t20-,27-,29+,31?/m0/s1. The van der Waals surface area contributed by atoms with E-state index in [1.165, 1.54) is 11.1 Å². The molecule has 0 aromatic heterocycles. The van der Waals surface area contributed by atoms with Crippen molar-refractivity contribution >= 4 is 17.8 Å². The molecule has 3 heterocycles. The van der Waals surface area contributed by atoms with E-state index < -0.39 is 0 Å². The van der Waals surface area contributed by atoms with E-state index in [4.69, 9.17) is 9.47 Å². The Kier molecular flexibility index (Phi) is 4.94. The first kappa shape index (κ1) is 22.1. The second kappa shape index (κ2) is 7.82. The summed E-state index contributed by atoms with van der Waals surface area (Å²) in [5, 5.41) is 3.65. The number of fused-ring (bicyclic) bond motifs is 2. The van der Waals surface area contributed by atoms with Crippen LogP contribution in [0.4, 0.5) is 5.69 Å². The fourth-order valence-electron chi connectivity index (χ4n) is 7.52. The molecule has 2 aromatic rings. The average Bonchev–Trinajstić information content (AvgIpc) is 3.42. The van der Waals surface area contributed by atoms with Gasteiger partial charge in [-0.15, -0.1) is 0 Å². The molecular formula is C29H31N2O4+. The number of nitrogens with one attached hydrogen (secondary N) is 1. The van der Waals surface area contributed by atoms with Gasteiger partial charge < -0.3 is 19.3 Å². The van der Waals surface area contributed by atoms with E-state index in [1.54, 1.807) is 26.4 Å². The van der Waals surface area contributed by atoms with Crippen LogP contribution < -0.4 is 14.8 Å². The van der Waals surface area contributed by atoms with Gasteiger partial charge in [-0.05, 0) is 42.3 Å². The number of allylic oxidation sites excluding steroid dienone is 2. The van der Waals surface area contributed by atoms with Gasteiger partial charge >= 0.3 is 0 Å². The number of benzene rings is 2. The van der Waals surface area contributed by atoms with E-state index >= 15 is 0 Å². The Hall–Kier alpha value is -3.38. The van der Waals surface area contributed by atoms with Crippen molar-refractivity contribution in [1.82, 2.24) is 0 Å². The molecule has 1 unspecified atom stereocenters. The number of anilines is 1. The Labute approximate surface area is 205 Å². The molecule has 0 saturated carbocycles. The van der Waals surface area contributed by atoms with Crippen LogP contribution in [0.1, 0.15) is 35.7 Å². The Bertz CT molecular complexity index is 1310. The summed E-state index contributed by atoms with van der Waals surface area (Å²) < 4.78 is 11.6. The van der Waals surface area contributed by atoms with Crippen molar-refractivity contribution in [2.45, 2.75) is 31.2 Å². The Morgan fingerprint density at radius 2 is 1.97 bits per heavy atom. The fourth-order valence-corrected chi connectivity index (χ4v) is 7.52. The number of para-hydroxylation sites is 1. The van der Waals surface area contributed by atoms with Gasteiger partial charge in [-0.1, -0.05) is 24.3 Å². The lowest BCUT2D eigenvalue weighted by molar-refractivity contribution is -0.934. The molecule has 180 valence electrons. The van der Waals surface area contributed by atoms with Crippen LogP contribution in [0, 0.1) is 5.92 Å². The van der Waals surface area contributed by atoms with E-state index in [1.807, 2.05) is 12.1 Å². The van der Waals surface area contributed by atoms with Gasteiger partial charge in [0.15, 0.2) is 11.5 Å². The Morgan fingerprint density at radius 1 is 1.17 bits per heavy atom. The number of quaternary nitrogens is 1. The van der Waals surface area contributed by atoms with Crippen LogP contribution >= 0.6 is 0 Å². The van der Waals surface area contributed by atoms with Crippen molar-refractivity contribution in [1.29, 1.82) is 0 Å². The van der Waals surface area contributed by atoms with Crippen molar-refractivity contribution in [2.75, 3.05) is 39.2 Å². The number of Topliss-reactive ketones (excluding diaryl/α,β-unsaturated/α-hetero) is 1. The number of piperidine rings is 1. The normalized spacial score (nSPS) is 31.0. The second-order valence-corrected chi connectivity index (χ2v) is 10.3. The summed E-state index contributed by atoms with van der Waals surface area (Å²) in [6.07, 6.45) is 5.07. The first-order valence-corrected chi connectivity index (χ1v) is 12.3. The number of ketones is 1. The van der Waals surface area contributed by atoms with Gasteiger partial charge in [0.25, 0.3) is 0 Å². The molecule has 4 aliphatic rings. The van der Waals surface area contributed by atoms with Crippen molar-refractivity contribution < 1.29 is 23.5 Å². The van der Waals surface area contributed by atoms with Crippen LogP contribution in [0.3, 0.4) is 0 Å². The quantitative estimate of drug-likeness (QED) is 0.295. The molecule has 0 radical (unpaired) electrons. The third-order valence-electron chi connectivity index (χ3n) is 9.02. The lowest BCUT2D eigenvalue weighted by atomic mass is 9.61. The van der Waals surface area contributed by atoms with Crippen LogP contribution in [-0.4, -0.2) is 56.4 Å². The molecule has 6 nitrogen and oxygen atoms in total. The van der Waals surface area contributed by atoms with Crippen molar-refractivity contribution in [3.8, 4) is 11.5 Å². The maximum Gasteiger partial charge on any atom is 0.217 e. The first-order chi connectivity index (χ1) is 17.0. The first-order valence-electron chi connectivity index (χ1n) is 12.3. The zero-order valence-electron chi connectivity index (χ0n) is 20.5. The molecule has 0 amide bonds. The fraction of sp³-hybridized carbons (Fsp3) is 0.379. The topological polar surface area (TPSA) is 64.6 Å². The summed E-state index contributed by atoms with van der Waals surface area (Å²) in [6, 6.07) is 14.1. The van der Waals surface area contributed by atoms with Crippen molar-refractivity contribution in [3.05, 3.63) is 76.5 Å². The number of methoxy groups -OCH3 is 2. The molecule has 6 rings (SSSR count). The average molecular weight is 472 g/mol. The number of nitrogens with zero attached hydrogens (tertiary/aromatic N) is 1. The molecule has 1 spiro atoms. The molecule has 2 aromatic carbocycles. The highest BCUT2D eigenvalue weighted by Crippen LogP contribution is 2.63. The highest BCUT2D eigenvalue weighted by Gasteiger charge is 2.68. The third-order valence-corrected chi connectivity index (χ3v) is 9.02. The van der Waals surface area contributed by atoms with E-state index in [2.05, 4.69) is 36.5 Å². The van der Waals surface area contributed by atoms with Crippen LogP contribution in [0.25, 0.3) is 0 Å². The Balaban J connectivity index is 1.46. The minimum atomic E-state index is -0.236. The van der Waals surface area contributed by atoms with Crippen LogP contribution in [0.15, 0.2) is 65.4 Å². The number of carbonyl (C=O) groups is 2. The van der Waals surface area contributed by atoms with Crippen LogP contribution in [0.5, 0.6) is 11.5 Å². The second-order valence-electron chi connectivity index (χ2n) is 10.3. The number of hydrogen-bond acceptors (Lipinski definition) is 5. The number of aldehydes is 1. The summed E-state index contributed by atoms with van der Waals surface area (Å²) in [5.74, 6) is 1.41. The summed E-state index contributed by atoms with van der Waals surface area (Å²) in [6.45, 7) is 4.20. The minimum Gasteiger partial charge on any atom is -0.493 e. The summed E-state index contributed by atoms with van der Waals surface area (Å²) in [4.78, 5) is 26.2. The number of hydrogen-bond donors (Lipinski definition) is 1. The van der Waals surface area contributed by atoms with Gasteiger partial charge in [0, 0.05) is 41.3 Å². The zero-order valence-corrected chi connectivity index (χ0v) is 20.5. The van der Waals surface area contributed by atoms with E-state index in [-0.39, 0.29) is 23.2 Å². The maximum absolute atomic E-state index is 13.8. The number of carbonyl (C=O) groups excluding carboxylic acids is 2. The monoisotopic (exact) mass is 471 g/mol. The summed E-state index contributed by atoms with van der Waals surface area (Å²) >= 11 is 0. The number of rotatable bonds is 6. The van der Waals surface area contributed by atoms with Crippen molar-refractivity contribution in [3.63, 3.8) is 0 Å². The molecule has 2 bridgehead atoms. The molecule has 1 N–H and O–H groups in total. The SMILES string of the molecule is C/C=C1/C[N+]2(CC(=O)c3ccc(OC)c(OC)c3)CC[C@]34C(=C(C=O)[C@H]1C[C@@H]32)Nc1ccccc14. The summed E-state index contributed by atoms with van der Waals surface area (Å²) in [7, 11) is 3.19. The molecule has 2 fully saturated rings. The number of ether oxygens (including phenoxy) is 2. The lowest BCUT2D eigenvalue weighted by Gasteiger charge is -2.53. The lowest BCUT2D eigenvalue weighted by Crippen LogP contribution is -2.64. The molecule has 2 saturated heterocycles. The Morgan fingerprint density at radius 3 is 2.71 bits per heavy atom. The molecule has 6 heteroatoms. The third kappa shape index (κ3) is 2.86. The molecule has 1 aliphatic carbocycles. The molecular weight excluding hydrogens is 440 g/mol. The summed E-state index contributed by atoms with van der Waals surface area (Å²) in [5.41, 5.74) is 6.03. The van der Waals surface area contributed by atoms with Gasteiger partial charge in [0.05, 0.1) is 26.2 Å². The molecule has 4 atom stereocenters. The van der Waals surface area contributed by atoms with Crippen LogP contribution in [0.2, 0.25) is 0 Å². The highest BCUT2D eigenvalue weighted by atomic mass is 16.5. The van der Waals surface area contributed by atoms with Gasteiger partial charge in [-0.2, -0.15) is 0 Å². The smallest absolute Gasteiger partial charge is 0.217 e. The zero-order chi connectivity index (χ0) is 24.4. The van der Waals surface area contributed by atoms with Gasteiger partial charge in [0.2, 0.25) is 5.78 Å². The highest BCUT2D eigenvalue weighted by molar-refractivity contribution is 5.97. The minimum absolute atomic E-state index is 0.114. The van der Waals surface area contributed by atoms with E-state index in [9.17, 15) is 9.59 Å². The van der Waals surface area contributed by atoms with Gasteiger partial charge in [-0.25, -0.2) is 0 Å². The largest absolute Gasteiger partial charge is 0.493 e. The predicted molar refractivity (Wildman–Crippen MR) is 134 cm³/mol. The van der Waals surface area contributed by atoms with Crippen LogP contribution in [-0.2, 0) is 10.2 Å². The van der Waals surface area contributed by atoms with Gasteiger partial charge in [0.1, 0.15) is 25.4 Å². The van der Waals surface area contributed by atoms with E-state index in [0.717, 1.165) is 53.7 Å².